The fourth-order valence-corrected chi connectivity index (χ4v) is 1.96. The second-order valence-electron chi connectivity index (χ2n) is 3.32. The van der Waals surface area contributed by atoms with E-state index in [4.69, 9.17) is 5.73 Å². The van der Waals surface area contributed by atoms with E-state index in [1.165, 1.54) is 0 Å². The maximum absolute atomic E-state index is 10.9. The minimum absolute atomic E-state index is 0.378. The van der Waals surface area contributed by atoms with E-state index in [9.17, 15) is 4.79 Å². The van der Waals surface area contributed by atoms with Gasteiger partial charge in [0.25, 0.3) is 0 Å². The highest BCUT2D eigenvalue weighted by Gasteiger charge is 2.17. The summed E-state index contributed by atoms with van der Waals surface area (Å²) in [6.07, 6.45) is 0. The third kappa shape index (κ3) is 2.01. The van der Waals surface area contributed by atoms with Gasteiger partial charge in [-0.05, 0) is 18.2 Å². The summed E-state index contributed by atoms with van der Waals surface area (Å²) in [5.74, 6) is 1.90. The molecule has 0 atom stereocenters. The zero-order chi connectivity index (χ0) is 9.97. The van der Waals surface area contributed by atoms with E-state index in [0.717, 1.165) is 17.2 Å². The Hall–Kier alpha value is -1.16. The van der Waals surface area contributed by atoms with Crippen LogP contribution in [0.15, 0.2) is 24.3 Å². The summed E-state index contributed by atoms with van der Waals surface area (Å²) in [5, 5.41) is 3.34. The van der Waals surface area contributed by atoms with Gasteiger partial charge in [-0.15, -0.1) is 0 Å². The Morgan fingerprint density at radius 2 is 2.29 bits per heavy atom. The number of carbonyl (C=O) groups is 1. The van der Waals surface area contributed by atoms with Crippen molar-refractivity contribution in [1.82, 2.24) is 0 Å². The van der Waals surface area contributed by atoms with E-state index < -0.39 is 0 Å². The van der Waals surface area contributed by atoms with Gasteiger partial charge in [-0.2, -0.15) is 11.8 Å². The van der Waals surface area contributed by atoms with Crippen molar-refractivity contribution < 1.29 is 4.79 Å². The molecule has 3 nitrogen and oxygen atoms in total. The van der Waals surface area contributed by atoms with E-state index in [2.05, 4.69) is 5.32 Å². The summed E-state index contributed by atoms with van der Waals surface area (Å²) in [6, 6.07) is 7.86. The fourth-order valence-electron chi connectivity index (χ4n) is 1.32. The highest BCUT2D eigenvalue weighted by molar-refractivity contribution is 8.00. The van der Waals surface area contributed by atoms with Crippen molar-refractivity contribution in [3.63, 3.8) is 0 Å². The number of thioether (sulfide) groups is 1. The molecule has 1 aromatic rings. The van der Waals surface area contributed by atoms with Gasteiger partial charge in [0, 0.05) is 28.8 Å². The molecule has 1 aromatic carbocycles. The van der Waals surface area contributed by atoms with Gasteiger partial charge in [0.1, 0.15) is 0 Å². The van der Waals surface area contributed by atoms with Crippen LogP contribution in [-0.4, -0.2) is 23.5 Å². The van der Waals surface area contributed by atoms with Crippen LogP contribution in [0, 0.1) is 0 Å². The smallest absolute Gasteiger partial charge is 0.248 e. The Balaban J connectivity index is 2.09. The SMILES string of the molecule is NC(=O)c1cccc(NC2CSC2)c1. The summed E-state index contributed by atoms with van der Waals surface area (Å²) < 4.78 is 0. The van der Waals surface area contributed by atoms with Gasteiger partial charge in [-0.3, -0.25) is 4.79 Å². The maximum atomic E-state index is 10.9. The summed E-state index contributed by atoms with van der Waals surface area (Å²) in [6.45, 7) is 0. The predicted octanol–water partition coefficient (Wildman–Crippen LogP) is 1.31. The second kappa shape index (κ2) is 3.92. The average molecular weight is 208 g/mol. The lowest BCUT2D eigenvalue weighted by Gasteiger charge is -2.27. The number of amides is 1. The third-order valence-electron chi connectivity index (χ3n) is 2.16. The lowest BCUT2D eigenvalue weighted by molar-refractivity contribution is 0.100. The van der Waals surface area contributed by atoms with E-state index in [1.807, 2.05) is 23.9 Å². The number of hydrogen-bond donors (Lipinski definition) is 2. The lowest BCUT2D eigenvalue weighted by atomic mass is 10.2. The van der Waals surface area contributed by atoms with Crippen LogP contribution in [0.3, 0.4) is 0 Å². The van der Waals surface area contributed by atoms with Crippen molar-refractivity contribution in [2.24, 2.45) is 5.73 Å². The number of primary amides is 1. The van der Waals surface area contributed by atoms with Crippen LogP contribution in [0.2, 0.25) is 0 Å². The van der Waals surface area contributed by atoms with Crippen LogP contribution in [0.4, 0.5) is 5.69 Å². The molecule has 4 heteroatoms. The quantitative estimate of drug-likeness (QED) is 0.787. The first-order valence-electron chi connectivity index (χ1n) is 4.50. The Kier molecular flexibility index (Phi) is 2.63. The lowest BCUT2D eigenvalue weighted by Crippen LogP contribution is -2.33. The topological polar surface area (TPSA) is 55.1 Å². The molecular formula is C10H12N2OS. The molecule has 0 aliphatic carbocycles. The molecular weight excluding hydrogens is 196 g/mol. The molecule has 0 unspecified atom stereocenters. The molecule has 0 bridgehead atoms. The van der Waals surface area contributed by atoms with Crippen molar-refractivity contribution >= 4 is 23.4 Å². The van der Waals surface area contributed by atoms with Crippen molar-refractivity contribution in [1.29, 1.82) is 0 Å². The molecule has 2 rings (SSSR count). The minimum Gasteiger partial charge on any atom is -0.381 e. The van der Waals surface area contributed by atoms with E-state index in [1.54, 1.807) is 12.1 Å². The highest BCUT2D eigenvalue weighted by atomic mass is 32.2. The van der Waals surface area contributed by atoms with Crippen LogP contribution in [0.5, 0.6) is 0 Å². The van der Waals surface area contributed by atoms with Gasteiger partial charge in [-0.25, -0.2) is 0 Å². The number of benzene rings is 1. The Morgan fingerprint density at radius 3 is 2.86 bits per heavy atom. The molecule has 1 aliphatic rings. The Labute approximate surface area is 87.1 Å². The average Bonchev–Trinajstić information content (AvgIpc) is 2.12. The molecule has 1 aliphatic heterocycles. The predicted molar refractivity (Wildman–Crippen MR) is 59.7 cm³/mol. The monoisotopic (exact) mass is 208 g/mol. The number of rotatable bonds is 3. The number of hydrogen-bond acceptors (Lipinski definition) is 3. The van der Waals surface area contributed by atoms with Crippen molar-refractivity contribution in [3.05, 3.63) is 29.8 Å². The van der Waals surface area contributed by atoms with Gasteiger partial charge in [0.15, 0.2) is 0 Å². The van der Waals surface area contributed by atoms with Crippen LogP contribution in [-0.2, 0) is 0 Å². The largest absolute Gasteiger partial charge is 0.381 e. The summed E-state index contributed by atoms with van der Waals surface area (Å²) in [5.41, 5.74) is 6.72. The van der Waals surface area contributed by atoms with Gasteiger partial charge in [-0.1, -0.05) is 6.07 Å². The summed E-state index contributed by atoms with van der Waals surface area (Å²) >= 11 is 1.92. The molecule has 1 heterocycles. The molecule has 1 saturated heterocycles. The fraction of sp³-hybridized carbons (Fsp3) is 0.300. The van der Waals surface area contributed by atoms with Gasteiger partial charge in [0.2, 0.25) is 5.91 Å². The molecule has 1 fully saturated rings. The van der Waals surface area contributed by atoms with Crippen molar-refractivity contribution in [3.8, 4) is 0 Å². The first-order valence-corrected chi connectivity index (χ1v) is 5.65. The number of carbonyl (C=O) groups excluding carboxylic acids is 1. The normalized spacial score (nSPS) is 16.0. The summed E-state index contributed by atoms with van der Waals surface area (Å²) in [4.78, 5) is 10.9. The van der Waals surface area contributed by atoms with Crippen molar-refractivity contribution in [2.75, 3.05) is 16.8 Å². The number of anilines is 1. The van der Waals surface area contributed by atoms with Gasteiger partial charge in [0.05, 0.1) is 0 Å². The first-order chi connectivity index (χ1) is 6.75. The van der Waals surface area contributed by atoms with Crippen LogP contribution in [0.1, 0.15) is 10.4 Å². The van der Waals surface area contributed by atoms with Gasteiger partial charge < -0.3 is 11.1 Å². The van der Waals surface area contributed by atoms with Crippen LogP contribution in [0.25, 0.3) is 0 Å². The minimum atomic E-state index is -0.378. The molecule has 0 saturated carbocycles. The Morgan fingerprint density at radius 1 is 1.50 bits per heavy atom. The standard InChI is InChI=1S/C10H12N2OS/c11-10(13)7-2-1-3-8(4-7)12-9-5-14-6-9/h1-4,9,12H,5-6H2,(H2,11,13). The maximum Gasteiger partial charge on any atom is 0.248 e. The van der Waals surface area contributed by atoms with Gasteiger partial charge >= 0.3 is 0 Å². The molecule has 0 radical (unpaired) electrons. The highest BCUT2D eigenvalue weighted by Crippen LogP contribution is 2.22. The van der Waals surface area contributed by atoms with Crippen LogP contribution < -0.4 is 11.1 Å². The second-order valence-corrected chi connectivity index (χ2v) is 4.40. The molecule has 1 amide bonds. The molecule has 0 aromatic heterocycles. The molecule has 0 spiro atoms. The number of nitrogens with two attached hydrogens (primary N) is 1. The van der Waals surface area contributed by atoms with E-state index in [-0.39, 0.29) is 5.91 Å². The molecule has 14 heavy (non-hydrogen) atoms. The van der Waals surface area contributed by atoms with Crippen LogP contribution >= 0.6 is 11.8 Å². The Bertz CT molecular complexity index is 350. The zero-order valence-corrected chi connectivity index (χ0v) is 8.51. The number of nitrogens with one attached hydrogen (secondary N) is 1. The first kappa shape index (κ1) is 9.40. The molecule has 74 valence electrons. The van der Waals surface area contributed by atoms with Crippen molar-refractivity contribution in [2.45, 2.75) is 6.04 Å². The zero-order valence-electron chi connectivity index (χ0n) is 7.69. The van der Waals surface area contributed by atoms with E-state index >= 15 is 0 Å². The molecule has 3 N–H and O–H groups in total. The van der Waals surface area contributed by atoms with E-state index in [0.29, 0.717) is 11.6 Å². The third-order valence-corrected chi connectivity index (χ3v) is 3.43. The summed E-state index contributed by atoms with van der Waals surface area (Å²) in [7, 11) is 0.